The number of carbonyl (C=O) groups excluding carboxylic acids is 1. The zero-order chi connectivity index (χ0) is 15.5. The largest absolute Gasteiger partial charge is 0.493 e. The second-order valence-electron chi connectivity index (χ2n) is 4.67. The molecule has 21 heavy (non-hydrogen) atoms. The van der Waals surface area contributed by atoms with Crippen LogP contribution in [0.15, 0.2) is 23.1 Å². The molecular formula is C13H18N2O5S. The second kappa shape index (κ2) is 6.42. The molecule has 2 rings (SSSR count). The van der Waals surface area contributed by atoms with E-state index in [1.807, 2.05) is 0 Å². The van der Waals surface area contributed by atoms with Crippen molar-refractivity contribution in [3.8, 4) is 5.75 Å². The SMILES string of the molecule is CCOc1ccc(S(N)(=O)=O)cc1C(=O)NC1CCOC1. The van der Waals surface area contributed by atoms with Crippen molar-refractivity contribution in [2.24, 2.45) is 5.14 Å². The summed E-state index contributed by atoms with van der Waals surface area (Å²) in [6.45, 7) is 3.19. The Kier molecular flexibility index (Phi) is 4.81. The van der Waals surface area contributed by atoms with Crippen LogP contribution in [-0.2, 0) is 14.8 Å². The maximum atomic E-state index is 12.3. The van der Waals surface area contributed by atoms with Gasteiger partial charge in [0.05, 0.1) is 29.7 Å². The van der Waals surface area contributed by atoms with Crippen LogP contribution < -0.4 is 15.2 Å². The Morgan fingerprint density at radius 3 is 2.86 bits per heavy atom. The van der Waals surface area contributed by atoms with Crippen LogP contribution in [0.2, 0.25) is 0 Å². The molecule has 0 bridgehead atoms. The summed E-state index contributed by atoms with van der Waals surface area (Å²) < 4.78 is 33.4. The van der Waals surface area contributed by atoms with Crippen LogP contribution in [0.25, 0.3) is 0 Å². The Labute approximate surface area is 123 Å². The molecule has 0 radical (unpaired) electrons. The molecule has 0 aromatic heterocycles. The summed E-state index contributed by atoms with van der Waals surface area (Å²) in [5.74, 6) is -0.0826. The third kappa shape index (κ3) is 3.93. The quantitative estimate of drug-likeness (QED) is 0.810. The van der Waals surface area contributed by atoms with Gasteiger partial charge < -0.3 is 14.8 Å². The van der Waals surface area contributed by atoms with Gasteiger partial charge in [-0.3, -0.25) is 4.79 Å². The molecule has 1 aromatic rings. The topological polar surface area (TPSA) is 108 Å². The number of sulfonamides is 1. The van der Waals surface area contributed by atoms with Crippen LogP contribution in [-0.4, -0.2) is 40.2 Å². The summed E-state index contributed by atoms with van der Waals surface area (Å²) in [6.07, 6.45) is 0.727. The first-order valence-electron chi connectivity index (χ1n) is 6.60. The first-order chi connectivity index (χ1) is 9.91. The minimum Gasteiger partial charge on any atom is -0.493 e. The van der Waals surface area contributed by atoms with Gasteiger partial charge in [0.25, 0.3) is 5.91 Å². The molecule has 1 unspecified atom stereocenters. The molecule has 1 fully saturated rings. The fraction of sp³-hybridized carbons (Fsp3) is 0.462. The molecule has 1 atom stereocenters. The molecule has 1 amide bonds. The Balaban J connectivity index is 2.30. The average molecular weight is 314 g/mol. The average Bonchev–Trinajstić information content (AvgIpc) is 2.91. The molecule has 8 heteroatoms. The summed E-state index contributed by atoms with van der Waals surface area (Å²) >= 11 is 0. The lowest BCUT2D eigenvalue weighted by atomic mass is 10.1. The van der Waals surface area contributed by atoms with E-state index in [2.05, 4.69) is 5.32 Å². The molecule has 7 nitrogen and oxygen atoms in total. The van der Waals surface area contributed by atoms with Crippen molar-refractivity contribution >= 4 is 15.9 Å². The molecule has 1 saturated heterocycles. The van der Waals surface area contributed by atoms with Gasteiger partial charge in [0, 0.05) is 6.61 Å². The number of hydrogen-bond acceptors (Lipinski definition) is 5. The Morgan fingerprint density at radius 2 is 2.29 bits per heavy atom. The Hall–Kier alpha value is -1.64. The van der Waals surface area contributed by atoms with Crippen LogP contribution in [0, 0.1) is 0 Å². The van der Waals surface area contributed by atoms with Crippen molar-refractivity contribution in [2.75, 3.05) is 19.8 Å². The normalized spacial score (nSPS) is 18.5. The third-order valence-corrected chi connectivity index (χ3v) is 4.00. The number of benzene rings is 1. The molecule has 116 valence electrons. The van der Waals surface area contributed by atoms with E-state index in [4.69, 9.17) is 14.6 Å². The zero-order valence-electron chi connectivity index (χ0n) is 11.7. The lowest BCUT2D eigenvalue weighted by Crippen LogP contribution is -2.35. The minimum atomic E-state index is -3.88. The number of hydrogen-bond donors (Lipinski definition) is 2. The molecule has 1 aromatic carbocycles. The van der Waals surface area contributed by atoms with Crippen molar-refractivity contribution in [1.29, 1.82) is 0 Å². The Morgan fingerprint density at radius 1 is 1.52 bits per heavy atom. The van der Waals surface area contributed by atoms with Crippen molar-refractivity contribution in [3.05, 3.63) is 23.8 Å². The predicted molar refractivity (Wildman–Crippen MR) is 75.7 cm³/mol. The Bertz CT molecular complexity index is 623. The standard InChI is InChI=1S/C13H18N2O5S/c1-2-20-12-4-3-10(21(14,17)18)7-11(12)13(16)15-9-5-6-19-8-9/h3-4,7,9H,2,5-6,8H2,1H3,(H,15,16)(H2,14,17,18). The van der Waals surface area contributed by atoms with Gasteiger partial charge >= 0.3 is 0 Å². The van der Waals surface area contributed by atoms with Crippen molar-refractivity contribution in [2.45, 2.75) is 24.3 Å². The van der Waals surface area contributed by atoms with Gasteiger partial charge in [0.2, 0.25) is 10.0 Å². The number of carbonyl (C=O) groups is 1. The van der Waals surface area contributed by atoms with E-state index in [0.717, 1.165) is 6.42 Å². The highest BCUT2D eigenvalue weighted by atomic mass is 32.2. The maximum Gasteiger partial charge on any atom is 0.255 e. The van der Waals surface area contributed by atoms with Crippen LogP contribution >= 0.6 is 0 Å². The summed E-state index contributed by atoms with van der Waals surface area (Å²) in [6, 6.07) is 3.90. The molecule has 1 aliphatic heterocycles. The van der Waals surface area contributed by atoms with Crippen LogP contribution in [0.3, 0.4) is 0 Å². The smallest absolute Gasteiger partial charge is 0.255 e. The third-order valence-electron chi connectivity index (χ3n) is 3.09. The van der Waals surface area contributed by atoms with E-state index >= 15 is 0 Å². The van der Waals surface area contributed by atoms with Gasteiger partial charge in [0.1, 0.15) is 5.75 Å². The van der Waals surface area contributed by atoms with E-state index in [0.29, 0.717) is 25.6 Å². The highest BCUT2D eigenvalue weighted by Gasteiger charge is 2.22. The van der Waals surface area contributed by atoms with Gasteiger partial charge in [0.15, 0.2) is 0 Å². The molecule has 0 aliphatic carbocycles. The number of nitrogens with one attached hydrogen (secondary N) is 1. The monoisotopic (exact) mass is 314 g/mol. The fourth-order valence-electron chi connectivity index (χ4n) is 2.06. The molecule has 0 spiro atoms. The second-order valence-corrected chi connectivity index (χ2v) is 6.23. The number of nitrogens with two attached hydrogens (primary N) is 1. The summed E-state index contributed by atoms with van der Waals surface area (Å²) in [7, 11) is -3.88. The summed E-state index contributed by atoms with van der Waals surface area (Å²) in [4.78, 5) is 12.2. The van der Waals surface area contributed by atoms with E-state index in [1.165, 1.54) is 18.2 Å². The van der Waals surface area contributed by atoms with Gasteiger partial charge in [-0.25, -0.2) is 13.6 Å². The van der Waals surface area contributed by atoms with Gasteiger partial charge in [-0.15, -0.1) is 0 Å². The molecule has 1 aliphatic rings. The van der Waals surface area contributed by atoms with Crippen LogP contribution in [0.5, 0.6) is 5.75 Å². The number of rotatable bonds is 5. The number of amides is 1. The predicted octanol–water partition coefficient (Wildman–Crippen LogP) is 0.251. The minimum absolute atomic E-state index is 0.0786. The van der Waals surface area contributed by atoms with Crippen molar-refractivity contribution < 1.29 is 22.7 Å². The lowest BCUT2D eigenvalue weighted by molar-refractivity contribution is 0.0926. The van der Waals surface area contributed by atoms with E-state index in [9.17, 15) is 13.2 Å². The van der Waals surface area contributed by atoms with Crippen molar-refractivity contribution in [3.63, 3.8) is 0 Å². The molecule has 3 N–H and O–H groups in total. The van der Waals surface area contributed by atoms with E-state index in [-0.39, 0.29) is 16.5 Å². The first kappa shape index (κ1) is 15.7. The fourth-order valence-corrected chi connectivity index (χ4v) is 2.60. The number of primary sulfonamides is 1. The molecule has 0 saturated carbocycles. The first-order valence-corrected chi connectivity index (χ1v) is 8.14. The summed E-state index contributed by atoms with van der Waals surface area (Å²) in [5, 5.41) is 7.89. The van der Waals surface area contributed by atoms with Crippen LogP contribution in [0.1, 0.15) is 23.7 Å². The summed E-state index contributed by atoms with van der Waals surface area (Å²) in [5.41, 5.74) is 0.148. The van der Waals surface area contributed by atoms with Crippen molar-refractivity contribution in [1.82, 2.24) is 5.32 Å². The number of ether oxygens (including phenoxy) is 2. The molecular weight excluding hydrogens is 296 g/mol. The zero-order valence-corrected chi connectivity index (χ0v) is 12.5. The van der Waals surface area contributed by atoms with Gasteiger partial charge in [-0.05, 0) is 31.5 Å². The van der Waals surface area contributed by atoms with E-state index < -0.39 is 15.9 Å². The van der Waals surface area contributed by atoms with Crippen LogP contribution in [0.4, 0.5) is 0 Å². The maximum absolute atomic E-state index is 12.3. The molecule has 1 heterocycles. The highest BCUT2D eigenvalue weighted by molar-refractivity contribution is 7.89. The van der Waals surface area contributed by atoms with Gasteiger partial charge in [-0.1, -0.05) is 0 Å². The lowest BCUT2D eigenvalue weighted by Gasteiger charge is -2.14. The van der Waals surface area contributed by atoms with Gasteiger partial charge in [-0.2, -0.15) is 0 Å². The van der Waals surface area contributed by atoms with E-state index in [1.54, 1.807) is 6.92 Å². The highest BCUT2D eigenvalue weighted by Crippen LogP contribution is 2.22.